The molecule has 2 rings (SSSR count). The first kappa shape index (κ1) is 16.1. The molecule has 0 aromatic carbocycles. The fourth-order valence-electron chi connectivity index (χ4n) is 3.65. The Balaban J connectivity index is 1.91. The molecule has 5 heteroatoms. The molecule has 2 fully saturated rings. The number of amides is 2. The Hall–Kier alpha value is -1.26. The molecule has 0 aliphatic heterocycles. The molecule has 0 aromatic rings. The molecule has 0 bridgehead atoms. The predicted octanol–water partition coefficient (Wildman–Crippen LogP) is 2.90. The van der Waals surface area contributed by atoms with Gasteiger partial charge in [-0.1, -0.05) is 26.7 Å². The molecular weight excluding hydrogens is 268 g/mol. The third-order valence-corrected chi connectivity index (χ3v) is 5.16. The Bertz CT molecular complexity index is 389. The lowest BCUT2D eigenvalue weighted by molar-refractivity contribution is -0.146. The molecule has 2 aliphatic rings. The zero-order chi connectivity index (χ0) is 15.5. The highest BCUT2D eigenvalue weighted by molar-refractivity contribution is 5.86. The zero-order valence-corrected chi connectivity index (χ0v) is 13.2. The summed E-state index contributed by atoms with van der Waals surface area (Å²) >= 11 is 0. The number of carbonyl (C=O) groups is 2. The first-order valence-electron chi connectivity index (χ1n) is 8.23. The summed E-state index contributed by atoms with van der Waals surface area (Å²) in [6.45, 7) is 4.34. The molecule has 0 spiro atoms. The minimum atomic E-state index is -1.07. The van der Waals surface area contributed by atoms with E-state index < -0.39 is 11.5 Å². The van der Waals surface area contributed by atoms with Crippen molar-refractivity contribution >= 4 is 12.0 Å². The second-order valence-electron chi connectivity index (χ2n) is 7.14. The summed E-state index contributed by atoms with van der Waals surface area (Å²) in [6, 6.07) is -0.131. The third kappa shape index (κ3) is 4.11. The van der Waals surface area contributed by atoms with Crippen molar-refractivity contribution in [3.05, 3.63) is 0 Å². The van der Waals surface area contributed by atoms with Gasteiger partial charge in [0.2, 0.25) is 0 Å². The lowest BCUT2D eigenvalue weighted by Crippen LogP contribution is -2.59. The SMILES string of the molecule is CC1CCC(NC(=O)NC2CCCC(C)C2)(C(=O)O)CC1. The summed E-state index contributed by atoms with van der Waals surface area (Å²) in [6.07, 6.45) is 7.10. The number of hydrogen-bond donors (Lipinski definition) is 3. The van der Waals surface area contributed by atoms with Crippen molar-refractivity contribution in [2.24, 2.45) is 11.8 Å². The molecule has 0 radical (unpaired) electrons. The van der Waals surface area contributed by atoms with Gasteiger partial charge in [0.1, 0.15) is 5.54 Å². The van der Waals surface area contributed by atoms with Crippen LogP contribution in [0.3, 0.4) is 0 Å². The standard InChI is InChI=1S/C16H28N2O3/c1-11-6-8-16(9-7-11,14(19)20)18-15(21)17-13-5-3-4-12(2)10-13/h11-13H,3-10H2,1-2H3,(H,19,20)(H2,17,18,21). The van der Waals surface area contributed by atoms with E-state index in [9.17, 15) is 14.7 Å². The summed E-state index contributed by atoms with van der Waals surface area (Å²) in [5, 5.41) is 15.3. The average Bonchev–Trinajstić information content (AvgIpc) is 2.41. The largest absolute Gasteiger partial charge is 0.480 e. The Morgan fingerprint density at radius 2 is 1.71 bits per heavy atom. The summed E-state index contributed by atoms with van der Waals surface area (Å²) in [7, 11) is 0. The molecule has 2 atom stereocenters. The third-order valence-electron chi connectivity index (χ3n) is 5.16. The van der Waals surface area contributed by atoms with E-state index in [1.807, 2.05) is 0 Å². The monoisotopic (exact) mass is 296 g/mol. The van der Waals surface area contributed by atoms with Gasteiger partial charge in [0.05, 0.1) is 0 Å². The number of carbonyl (C=O) groups excluding carboxylic acids is 1. The Labute approximate surface area is 126 Å². The van der Waals surface area contributed by atoms with Crippen LogP contribution in [0.2, 0.25) is 0 Å². The van der Waals surface area contributed by atoms with Crippen LogP contribution >= 0.6 is 0 Å². The lowest BCUT2D eigenvalue weighted by atomic mass is 9.77. The first-order valence-corrected chi connectivity index (χ1v) is 8.23. The Kier molecular flexibility index (Phi) is 5.12. The lowest BCUT2D eigenvalue weighted by Gasteiger charge is -2.37. The first-order chi connectivity index (χ1) is 9.91. The van der Waals surface area contributed by atoms with Crippen LogP contribution in [0.4, 0.5) is 4.79 Å². The summed E-state index contributed by atoms with van der Waals surface area (Å²) in [5.41, 5.74) is -1.07. The second kappa shape index (κ2) is 6.67. The van der Waals surface area contributed by atoms with E-state index in [1.54, 1.807) is 0 Å². The van der Waals surface area contributed by atoms with Crippen LogP contribution in [0, 0.1) is 11.8 Å². The van der Waals surface area contributed by atoms with Crippen molar-refractivity contribution in [2.45, 2.75) is 76.8 Å². The number of urea groups is 1. The van der Waals surface area contributed by atoms with Crippen LogP contribution in [-0.4, -0.2) is 28.7 Å². The number of aliphatic carboxylic acids is 1. The molecule has 120 valence electrons. The number of carboxylic acid groups (broad SMARTS) is 1. The van der Waals surface area contributed by atoms with Crippen LogP contribution in [0.15, 0.2) is 0 Å². The van der Waals surface area contributed by atoms with E-state index in [1.165, 1.54) is 6.42 Å². The second-order valence-corrected chi connectivity index (χ2v) is 7.14. The molecule has 2 unspecified atom stereocenters. The highest BCUT2D eigenvalue weighted by atomic mass is 16.4. The summed E-state index contributed by atoms with van der Waals surface area (Å²) in [4.78, 5) is 23.8. The fraction of sp³-hybridized carbons (Fsp3) is 0.875. The van der Waals surface area contributed by atoms with Crippen molar-refractivity contribution in [3.63, 3.8) is 0 Å². The zero-order valence-electron chi connectivity index (χ0n) is 13.2. The van der Waals surface area contributed by atoms with E-state index in [0.717, 1.165) is 32.1 Å². The number of hydrogen-bond acceptors (Lipinski definition) is 2. The topological polar surface area (TPSA) is 78.4 Å². The van der Waals surface area contributed by atoms with Crippen molar-refractivity contribution in [1.82, 2.24) is 10.6 Å². The van der Waals surface area contributed by atoms with Crippen LogP contribution in [0.1, 0.15) is 65.2 Å². The van der Waals surface area contributed by atoms with Crippen LogP contribution < -0.4 is 10.6 Å². The van der Waals surface area contributed by atoms with Gasteiger partial charge in [0.15, 0.2) is 0 Å². The highest BCUT2D eigenvalue weighted by Crippen LogP contribution is 2.32. The highest BCUT2D eigenvalue weighted by Gasteiger charge is 2.42. The number of nitrogens with one attached hydrogen (secondary N) is 2. The number of rotatable bonds is 3. The van der Waals surface area contributed by atoms with Gasteiger partial charge in [-0.15, -0.1) is 0 Å². The summed E-state index contributed by atoms with van der Waals surface area (Å²) in [5.74, 6) is 0.274. The maximum Gasteiger partial charge on any atom is 0.329 e. The molecule has 5 nitrogen and oxygen atoms in total. The van der Waals surface area contributed by atoms with Crippen LogP contribution in [-0.2, 0) is 4.79 Å². The normalized spacial score (nSPS) is 36.8. The van der Waals surface area contributed by atoms with Crippen LogP contribution in [0.25, 0.3) is 0 Å². The molecule has 0 heterocycles. The van der Waals surface area contributed by atoms with Crippen LogP contribution in [0.5, 0.6) is 0 Å². The number of carboxylic acids is 1. The van der Waals surface area contributed by atoms with Gasteiger partial charge in [-0.05, 0) is 50.4 Å². The van der Waals surface area contributed by atoms with Crippen molar-refractivity contribution in [2.75, 3.05) is 0 Å². The average molecular weight is 296 g/mol. The smallest absolute Gasteiger partial charge is 0.329 e. The van der Waals surface area contributed by atoms with Gasteiger partial charge in [-0.25, -0.2) is 9.59 Å². The van der Waals surface area contributed by atoms with E-state index in [0.29, 0.717) is 24.7 Å². The van der Waals surface area contributed by atoms with E-state index in [4.69, 9.17) is 0 Å². The fourth-order valence-corrected chi connectivity index (χ4v) is 3.65. The van der Waals surface area contributed by atoms with E-state index >= 15 is 0 Å². The minimum Gasteiger partial charge on any atom is -0.480 e. The molecule has 0 aromatic heterocycles. The Morgan fingerprint density at radius 3 is 2.29 bits per heavy atom. The predicted molar refractivity (Wildman–Crippen MR) is 81.1 cm³/mol. The van der Waals surface area contributed by atoms with Gasteiger partial charge in [-0.3, -0.25) is 0 Å². The van der Waals surface area contributed by atoms with Gasteiger partial charge < -0.3 is 15.7 Å². The van der Waals surface area contributed by atoms with Gasteiger partial charge in [0.25, 0.3) is 0 Å². The minimum absolute atomic E-state index is 0.183. The van der Waals surface area contributed by atoms with E-state index in [-0.39, 0.29) is 12.1 Å². The quantitative estimate of drug-likeness (QED) is 0.749. The van der Waals surface area contributed by atoms with Crippen molar-refractivity contribution in [1.29, 1.82) is 0 Å². The van der Waals surface area contributed by atoms with Crippen molar-refractivity contribution in [3.8, 4) is 0 Å². The molecular formula is C16H28N2O3. The van der Waals surface area contributed by atoms with Gasteiger partial charge >= 0.3 is 12.0 Å². The molecule has 21 heavy (non-hydrogen) atoms. The Morgan fingerprint density at radius 1 is 1.05 bits per heavy atom. The molecule has 2 aliphatic carbocycles. The van der Waals surface area contributed by atoms with Gasteiger partial charge in [-0.2, -0.15) is 0 Å². The molecule has 0 saturated heterocycles. The van der Waals surface area contributed by atoms with Gasteiger partial charge in [0, 0.05) is 6.04 Å². The maximum absolute atomic E-state index is 12.2. The molecule has 2 amide bonds. The van der Waals surface area contributed by atoms with Crippen molar-refractivity contribution < 1.29 is 14.7 Å². The summed E-state index contributed by atoms with van der Waals surface area (Å²) < 4.78 is 0. The molecule has 3 N–H and O–H groups in total. The molecule has 2 saturated carbocycles. The van der Waals surface area contributed by atoms with E-state index in [2.05, 4.69) is 24.5 Å². The maximum atomic E-state index is 12.2.